The van der Waals surface area contributed by atoms with E-state index in [1.54, 1.807) is 0 Å². The Hall–Kier alpha value is -1.16. The molecule has 0 aromatic carbocycles. The van der Waals surface area contributed by atoms with Crippen molar-refractivity contribution in [2.24, 2.45) is 5.41 Å². The van der Waals surface area contributed by atoms with E-state index >= 15 is 0 Å². The van der Waals surface area contributed by atoms with Crippen molar-refractivity contribution < 1.29 is 5.11 Å². The Bertz CT molecular complexity index is 309. The number of rotatable bonds is 6. The molecule has 0 saturated carbocycles. The normalized spacial score (nSPS) is 11.5. The van der Waals surface area contributed by atoms with Gasteiger partial charge in [0.25, 0.3) is 0 Å². The second kappa shape index (κ2) is 5.80. The zero-order valence-corrected chi connectivity index (χ0v) is 10.3. The predicted molar refractivity (Wildman–Crippen MR) is 65.4 cm³/mol. The van der Waals surface area contributed by atoms with E-state index in [0.29, 0.717) is 0 Å². The van der Waals surface area contributed by atoms with Crippen LogP contribution in [0.5, 0.6) is 0 Å². The van der Waals surface area contributed by atoms with Gasteiger partial charge in [-0.1, -0.05) is 13.8 Å². The standard InChI is InChI=1S/C12H21N3O/c1-10-5-6-11(15-14-10)13-9-12(2,3)7-4-8-16/h5-6,16H,4,7-9H2,1-3H3,(H,13,15). The maximum absolute atomic E-state index is 8.80. The lowest BCUT2D eigenvalue weighted by atomic mass is 9.88. The summed E-state index contributed by atoms with van der Waals surface area (Å²) in [5.41, 5.74) is 1.08. The molecule has 0 aliphatic rings. The van der Waals surface area contributed by atoms with Gasteiger partial charge in [-0.25, -0.2) is 0 Å². The van der Waals surface area contributed by atoms with Crippen LogP contribution < -0.4 is 5.32 Å². The number of aliphatic hydroxyl groups excluding tert-OH is 1. The fraction of sp³-hybridized carbons (Fsp3) is 0.667. The van der Waals surface area contributed by atoms with Crippen molar-refractivity contribution >= 4 is 5.82 Å². The van der Waals surface area contributed by atoms with Crippen molar-refractivity contribution in [3.63, 3.8) is 0 Å². The van der Waals surface area contributed by atoms with E-state index in [4.69, 9.17) is 5.11 Å². The Kier molecular flexibility index (Phi) is 4.68. The van der Waals surface area contributed by atoms with E-state index in [0.717, 1.165) is 30.9 Å². The van der Waals surface area contributed by atoms with Gasteiger partial charge in [-0.3, -0.25) is 0 Å². The minimum Gasteiger partial charge on any atom is -0.396 e. The Morgan fingerprint density at radius 1 is 1.31 bits per heavy atom. The summed E-state index contributed by atoms with van der Waals surface area (Å²) in [4.78, 5) is 0. The third-order valence-electron chi connectivity index (χ3n) is 2.56. The molecule has 0 atom stereocenters. The van der Waals surface area contributed by atoms with Gasteiger partial charge in [-0.05, 0) is 37.3 Å². The molecule has 16 heavy (non-hydrogen) atoms. The highest BCUT2D eigenvalue weighted by molar-refractivity contribution is 5.32. The molecule has 4 heteroatoms. The lowest BCUT2D eigenvalue weighted by Gasteiger charge is -2.24. The molecule has 0 radical (unpaired) electrons. The van der Waals surface area contributed by atoms with Crippen LogP contribution in [0, 0.1) is 12.3 Å². The number of nitrogens with one attached hydrogen (secondary N) is 1. The number of aromatic nitrogens is 2. The van der Waals surface area contributed by atoms with Gasteiger partial charge in [0.05, 0.1) is 5.69 Å². The average molecular weight is 223 g/mol. The molecule has 1 aromatic rings. The Labute approximate surface area is 97.1 Å². The Balaban J connectivity index is 2.41. The maximum atomic E-state index is 8.80. The van der Waals surface area contributed by atoms with E-state index in [2.05, 4.69) is 29.4 Å². The molecule has 0 aliphatic heterocycles. The molecule has 0 amide bonds. The summed E-state index contributed by atoms with van der Waals surface area (Å²) < 4.78 is 0. The van der Waals surface area contributed by atoms with Crippen LogP contribution in [0.3, 0.4) is 0 Å². The summed E-state index contributed by atoms with van der Waals surface area (Å²) in [6, 6.07) is 3.88. The fourth-order valence-electron chi connectivity index (χ4n) is 1.47. The molecule has 0 unspecified atom stereocenters. The summed E-state index contributed by atoms with van der Waals surface area (Å²) in [7, 11) is 0. The number of aliphatic hydroxyl groups is 1. The zero-order valence-electron chi connectivity index (χ0n) is 10.3. The minimum absolute atomic E-state index is 0.162. The van der Waals surface area contributed by atoms with Gasteiger partial charge >= 0.3 is 0 Å². The van der Waals surface area contributed by atoms with Crippen LogP contribution in [0.25, 0.3) is 0 Å². The number of anilines is 1. The molecule has 0 fully saturated rings. The number of nitrogens with zero attached hydrogens (tertiary/aromatic N) is 2. The van der Waals surface area contributed by atoms with Crippen LogP contribution in [0.15, 0.2) is 12.1 Å². The monoisotopic (exact) mass is 223 g/mol. The molecule has 0 spiro atoms. The predicted octanol–water partition coefficient (Wildman–Crippen LogP) is 2.00. The highest BCUT2D eigenvalue weighted by Gasteiger charge is 2.16. The molecule has 1 rings (SSSR count). The van der Waals surface area contributed by atoms with Crippen molar-refractivity contribution in [2.75, 3.05) is 18.5 Å². The molecule has 0 saturated heterocycles. The van der Waals surface area contributed by atoms with E-state index in [9.17, 15) is 0 Å². The molecule has 0 bridgehead atoms. The third-order valence-corrected chi connectivity index (χ3v) is 2.56. The van der Waals surface area contributed by atoms with Crippen LogP contribution >= 0.6 is 0 Å². The van der Waals surface area contributed by atoms with Gasteiger partial charge in [-0.2, -0.15) is 5.10 Å². The first-order valence-corrected chi connectivity index (χ1v) is 5.68. The van der Waals surface area contributed by atoms with Gasteiger partial charge in [0.2, 0.25) is 0 Å². The van der Waals surface area contributed by atoms with Crippen LogP contribution in [-0.4, -0.2) is 28.5 Å². The highest BCUT2D eigenvalue weighted by Crippen LogP contribution is 2.22. The zero-order chi connectivity index (χ0) is 12.0. The smallest absolute Gasteiger partial charge is 0.148 e. The van der Waals surface area contributed by atoms with Gasteiger partial charge < -0.3 is 10.4 Å². The summed E-state index contributed by atoms with van der Waals surface area (Å²) in [6.07, 6.45) is 1.84. The molecular weight excluding hydrogens is 202 g/mol. The molecular formula is C12H21N3O. The molecule has 2 N–H and O–H groups in total. The quantitative estimate of drug-likeness (QED) is 0.774. The van der Waals surface area contributed by atoms with E-state index < -0.39 is 0 Å². The molecule has 0 aliphatic carbocycles. The van der Waals surface area contributed by atoms with E-state index in [-0.39, 0.29) is 12.0 Å². The van der Waals surface area contributed by atoms with Crippen LogP contribution in [0.4, 0.5) is 5.82 Å². The van der Waals surface area contributed by atoms with Crippen LogP contribution in [-0.2, 0) is 0 Å². The highest BCUT2D eigenvalue weighted by atomic mass is 16.2. The van der Waals surface area contributed by atoms with Crippen molar-refractivity contribution in [1.82, 2.24) is 10.2 Å². The Morgan fingerprint density at radius 3 is 2.62 bits per heavy atom. The second-order valence-corrected chi connectivity index (χ2v) is 4.90. The lowest BCUT2D eigenvalue weighted by Crippen LogP contribution is -2.23. The van der Waals surface area contributed by atoms with Gasteiger partial charge in [0, 0.05) is 13.2 Å². The largest absolute Gasteiger partial charge is 0.396 e. The van der Waals surface area contributed by atoms with Crippen molar-refractivity contribution in [3.05, 3.63) is 17.8 Å². The first-order valence-electron chi connectivity index (χ1n) is 5.68. The molecule has 90 valence electrons. The van der Waals surface area contributed by atoms with Crippen molar-refractivity contribution in [3.8, 4) is 0 Å². The lowest BCUT2D eigenvalue weighted by molar-refractivity contribution is 0.248. The van der Waals surface area contributed by atoms with E-state index in [1.165, 1.54) is 0 Å². The van der Waals surface area contributed by atoms with Crippen LogP contribution in [0.1, 0.15) is 32.4 Å². The number of aryl methyl sites for hydroxylation is 1. The minimum atomic E-state index is 0.162. The number of hydrogen-bond acceptors (Lipinski definition) is 4. The number of hydrogen-bond donors (Lipinski definition) is 2. The summed E-state index contributed by atoms with van der Waals surface area (Å²) in [5, 5.41) is 20.1. The second-order valence-electron chi connectivity index (χ2n) is 4.90. The van der Waals surface area contributed by atoms with Crippen molar-refractivity contribution in [2.45, 2.75) is 33.6 Å². The molecule has 1 heterocycles. The molecule has 1 aromatic heterocycles. The maximum Gasteiger partial charge on any atom is 0.148 e. The topological polar surface area (TPSA) is 58.0 Å². The first-order chi connectivity index (χ1) is 7.53. The van der Waals surface area contributed by atoms with Crippen LogP contribution in [0.2, 0.25) is 0 Å². The Morgan fingerprint density at radius 2 is 2.06 bits per heavy atom. The SMILES string of the molecule is Cc1ccc(NCC(C)(C)CCCO)nn1. The van der Waals surface area contributed by atoms with Gasteiger partial charge in [0.15, 0.2) is 0 Å². The summed E-state index contributed by atoms with van der Waals surface area (Å²) in [6.45, 7) is 7.37. The summed E-state index contributed by atoms with van der Waals surface area (Å²) >= 11 is 0. The van der Waals surface area contributed by atoms with Gasteiger partial charge in [-0.15, -0.1) is 5.10 Å². The van der Waals surface area contributed by atoms with Gasteiger partial charge in [0.1, 0.15) is 5.82 Å². The fourth-order valence-corrected chi connectivity index (χ4v) is 1.47. The van der Waals surface area contributed by atoms with E-state index in [1.807, 2.05) is 19.1 Å². The molecule has 4 nitrogen and oxygen atoms in total. The van der Waals surface area contributed by atoms with Crippen molar-refractivity contribution in [1.29, 1.82) is 0 Å². The summed E-state index contributed by atoms with van der Waals surface area (Å²) in [5.74, 6) is 0.808. The average Bonchev–Trinajstić information content (AvgIpc) is 2.26. The first kappa shape index (κ1) is 12.9. The third kappa shape index (κ3) is 4.57.